The molecule has 0 fully saturated rings. The number of carbonyl (C=O) groups is 1. The van der Waals surface area contributed by atoms with Gasteiger partial charge in [-0.25, -0.2) is 4.98 Å². The van der Waals surface area contributed by atoms with Crippen molar-refractivity contribution in [3.8, 4) is 22.8 Å². The van der Waals surface area contributed by atoms with Crippen LogP contribution >= 0.6 is 35.0 Å². The van der Waals surface area contributed by atoms with E-state index in [-0.39, 0.29) is 11.7 Å². The largest absolute Gasteiger partial charge is 0.411 e. The number of aromatic nitrogens is 4. The minimum atomic E-state index is -0.185. The Balaban J connectivity index is 1.26. The van der Waals surface area contributed by atoms with E-state index in [0.717, 1.165) is 39.7 Å². The highest BCUT2D eigenvalue weighted by atomic mass is 35.5. The van der Waals surface area contributed by atoms with Crippen LogP contribution in [0.25, 0.3) is 33.9 Å². The molecule has 2 N–H and O–H groups in total. The first-order valence-corrected chi connectivity index (χ1v) is 11.6. The maximum atomic E-state index is 12.2. The molecular weight excluding hydrogens is 481 g/mol. The lowest BCUT2D eigenvalue weighted by Crippen LogP contribution is -2.13. The van der Waals surface area contributed by atoms with Crippen LogP contribution in [-0.2, 0) is 4.79 Å². The smallest absolute Gasteiger partial charge is 0.277 e. The lowest BCUT2D eigenvalue weighted by Gasteiger charge is -2.03. The number of H-pyrrole nitrogens is 1. The molecule has 2 heterocycles. The SMILES string of the molecule is O=C(CSc1nnc(-c2ccc3nc(-c4ccc(Cl)cc4)[nH]c3c2)o1)Nc1ccc(Cl)cc1. The monoisotopic (exact) mass is 495 g/mol. The fourth-order valence-electron chi connectivity index (χ4n) is 3.13. The van der Waals surface area contributed by atoms with Crippen LogP contribution in [0.15, 0.2) is 76.4 Å². The highest BCUT2D eigenvalue weighted by Crippen LogP contribution is 2.28. The Morgan fingerprint density at radius 1 is 0.939 bits per heavy atom. The van der Waals surface area contributed by atoms with Gasteiger partial charge in [0.15, 0.2) is 0 Å². The number of rotatable bonds is 6. The number of nitrogens with one attached hydrogen (secondary N) is 2. The zero-order valence-electron chi connectivity index (χ0n) is 16.9. The van der Waals surface area contributed by atoms with Crippen LogP contribution in [-0.4, -0.2) is 31.8 Å². The normalized spacial score (nSPS) is 11.1. The third-order valence-corrected chi connectivity index (χ3v) is 6.03. The summed E-state index contributed by atoms with van der Waals surface area (Å²) in [4.78, 5) is 20.1. The van der Waals surface area contributed by atoms with Gasteiger partial charge in [-0.2, -0.15) is 0 Å². The number of imidazole rings is 1. The van der Waals surface area contributed by atoms with Gasteiger partial charge in [-0.15, -0.1) is 10.2 Å². The fraction of sp³-hybridized carbons (Fsp3) is 0.0435. The number of thioether (sulfide) groups is 1. The Kier molecular flexibility index (Phi) is 6.04. The van der Waals surface area contributed by atoms with E-state index in [0.29, 0.717) is 26.8 Å². The molecule has 0 aliphatic heterocycles. The van der Waals surface area contributed by atoms with Gasteiger partial charge in [-0.05, 0) is 66.7 Å². The van der Waals surface area contributed by atoms with Crippen LogP contribution in [0.2, 0.25) is 10.0 Å². The fourth-order valence-corrected chi connectivity index (χ4v) is 3.94. The van der Waals surface area contributed by atoms with E-state index < -0.39 is 0 Å². The predicted molar refractivity (Wildman–Crippen MR) is 131 cm³/mol. The Hall–Kier alpha value is -3.33. The van der Waals surface area contributed by atoms with Gasteiger partial charge in [0.25, 0.3) is 5.22 Å². The molecule has 0 aliphatic rings. The van der Waals surface area contributed by atoms with Gasteiger partial charge in [0, 0.05) is 26.9 Å². The van der Waals surface area contributed by atoms with E-state index in [4.69, 9.17) is 27.6 Å². The summed E-state index contributed by atoms with van der Waals surface area (Å²) in [5.41, 5.74) is 4.01. The van der Waals surface area contributed by atoms with Crippen molar-refractivity contribution in [1.82, 2.24) is 20.2 Å². The lowest BCUT2D eigenvalue weighted by atomic mass is 10.2. The van der Waals surface area contributed by atoms with Crippen LogP contribution < -0.4 is 5.32 Å². The second kappa shape index (κ2) is 9.27. The number of halogens is 2. The zero-order valence-corrected chi connectivity index (χ0v) is 19.2. The lowest BCUT2D eigenvalue weighted by molar-refractivity contribution is -0.113. The second-order valence-electron chi connectivity index (χ2n) is 7.04. The van der Waals surface area contributed by atoms with Gasteiger partial charge in [-0.3, -0.25) is 4.79 Å². The van der Waals surface area contributed by atoms with E-state index in [1.165, 1.54) is 0 Å². The first-order chi connectivity index (χ1) is 16.0. The molecule has 33 heavy (non-hydrogen) atoms. The van der Waals surface area contributed by atoms with Gasteiger partial charge < -0.3 is 14.7 Å². The van der Waals surface area contributed by atoms with Crippen molar-refractivity contribution in [3.05, 3.63) is 76.8 Å². The molecule has 0 unspecified atom stereocenters. The standard InChI is InChI=1S/C23H15Cl2N5O2S/c24-15-4-1-13(2-5-15)21-27-18-10-3-14(11-19(18)28-21)22-29-30-23(32-22)33-12-20(31)26-17-8-6-16(25)7-9-17/h1-11H,12H2,(H,26,31)(H,27,28). The predicted octanol–water partition coefficient (Wildman–Crippen LogP) is 6.32. The van der Waals surface area contributed by atoms with Crippen molar-refractivity contribution in [1.29, 1.82) is 0 Å². The van der Waals surface area contributed by atoms with Crippen molar-refractivity contribution in [3.63, 3.8) is 0 Å². The highest BCUT2D eigenvalue weighted by molar-refractivity contribution is 7.99. The van der Waals surface area contributed by atoms with Crippen molar-refractivity contribution in [2.24, 2.45) is 0 Å². The molecule has 0 saturated heterocycles. The van der Waals surface area contributed by atoms with Crippen molar-refractivity contribution < 1.29 is 9.21 Å². The van der Waals surface area contributed by atoms with Crippen LogP contribution in [0.1, 0.15) is 0 Å². The molecule has 164 valence electrons. The number of hydrogen-bond acceptors (Lipinski definition) is 6. The molecule has 0 spiro atoms. The summed E-state index contributed by atoms with van der Waals surface area (Å²) < 4.78 is 5.73. The van der Waals surface area contributed by atoms with Crippen LogP contribution in [0.4, 0.5) is 5.69 Å². The molecule has 0 bridgehead atoms. The summed E-state index contributed by atoms with van der Waals surface area (Å²) in [6.07, 6.45) is 0. The molecule has 0 saturated carbocycles. The Morgan fingerprint density at radius 2 is 1.64 bits per heavy atom. The summed E-state index contributed by atoms with van der Waals surface area (Å²) in [5.74, 6) is 1.05. The molecule has 0 aliphatic carbocycles. The number of nitrogens with zero attached hydrogens (tertiary/aromatic N) is 3. The summed E-state index contributed by atoms with van der Waals surface area (Å²) in [5, 5.41) is 12.5. The summed E-state index contributed by atoms with van der Waals surface area (Å²) >= 11 is 13.0. The average Bonchev–Trinajstić information content (AvgIpc) is 3.46. The van der Waals surface area contributed by atoms with E-state index in [1.54, 1.807) is 24.3 Å². The number of carbonyl (C=O) groups excluding carboxylic acids is 1. The number of fused-ring (bicyclic) bond motifs is 1. The summed E-state index contributed by atoms with van der Waals surface area (Å²) in [6.45, 7) is 0. The molecule has 1 amide bonds. The van der Waals surface area contributed by atoms with Gasteiger partial charge in [0.05, 0.1) is 16.8 Å². The van der Waals surface area contributed by atoms with E-state index in [9.17, 15) is 4.79 Å². The number of amides is 1. The molecule has 5 rings (SSSR count). The van der Waals surface area contributed by atoms with Crippen LogP contribution in [0.5, 0.6) is 0 Å². The third-order valence-electron chi connectivity index (χ3n) is 4.71. The van der Waals surface area contributed by atoms with Crippen molar-refractivity contribution in [2.45, 2.75) is 5.22 Å². The van der Waals surface area contributed by atoms with Crippen molar-refractivity contribution >= 4 is 57.6 Å². The highest BCUT2D eigenvalue weighted by Gasteiger charge is 2.13. The maximum Gasteiger partial charge on any atom is 0.277 e. The van der Waals surface area contributed by atoms with Gasteiger partial charge in [0.1, 0.15) is 5.82 Å². The molecule has 0 radical (unpaired) electrons. The van der Waals surface area contributed by atoms with Crippen LogP contribution in [0, 0.1) is 0 Å². The number of hydrogen-bond donors (Lipinski definition) is 2. The minimum Gasteiger partial charge on any atom is -0.411 e. The summed E-state index contributed by atoms with van der Waals surface area (Å²) in [6, 6.07) is 20.0. The zero-order chi connectivity index (χ0) is 22.8. The maximum absolute atomic E-state index is 12.2. The minimum absolute atomic E-state index is 0.133. The molecule has 10 heteroatoms. The second-order valence-corrected chi connectivity index (χ2v) is 8.84. The van der Waals surface area contributed by atoms with E-state index >= 15 is 0 Å². The Morgan fingerprint density at radius 3 is 2.39 bits per heavy atom. The van der Waals surface area contributed by atoms with E-state index in [1.807, 2.05) is 42.5 Å². The molecule has 3 aromatic carbocycles. The van der Waals surface area contributed by atoms with Gasteiger partial charge in [-0.1, -0.05) is 35.0 Å². The molecule has 7 nitrogen and oxygen atoms in total. The van der Waals surface area contributed by atoms with Crippen LogP contribution in [0.3, 0.4) is 0 Å². The quantitative estimate of drug-likeness (QED) is 0.267. The van der Waals surface area contributed by atoms with Gasteiger partial charge >= 0.3 is 0 Å². The van der Waals surface area contributed by atoms with E-state index in [2.05, 4.69) is 25.5 Å². The molecular formula is C23H15Cl2N5O2S. The van der Waals surface area contributed by atoms with Crippen molar-refractivity contribution in [2.75, 3.05) is 11.1 Å². The molecule has 2 aromatic heterocycles. The number of anilines is 1. The molecule has 5 aromatic rings. The third kappa shape index (κ3) is 5.03. The first-order valence-electron chi connectivity index (χ1n) is 9.81. The summed E-state index contributed by atoms with van der Waals surface area (Å²) in [7, 11) is 0. The Labute approximate surface area is 202 Å². The van der Waals surface area contributed by atoms with Gasteiger partial charge in [0.2, 0.25) is 11.8 Å². The Bertz CT molecular complexity index is 1430. The number of benzene rings is 3. The number of aromatic amines is 1. The molecule has 0 atom stereocenters. The topological polar surface area (TPSA) is 96.7 Å². The average molecular weight is 496 g/mol. The first kappa shape index (κ1) is 21.5.